The van der Waals surface area contributed by atoms with Gasteiger partial charge in [0.15, 0.2) is 0 Å². The molecule has 1 aromatic carbocycles. The lowest BCUT2D eigenvalue weighted by Crippen LogP contribution is -3.05. The predicted octanol–water partition coefficient (Wildman–Crippen LogP) is 1.56. The minimum absolute atomic E-state index is 0.762. The van der Waals surface area contributed by atoms with Crippen molar-refractivity contribution in [2.75, 3.05) is 27.2 Å². The molecule has 0 radical (unpaired) electrons. The van der Waals surface area contributed by atoms with Crippen LogP contribution in [0.1, 0.15) is 12.0 Å². The van der Waals surface area contributed by atoms with Crippen LogP contribution < -0.4 is 9.64 Å². The van der Waals surface area contributed by atoms with Gasteiger partial charge < -0.3 is 9.64 Å². The number of hydrogen-bond donors (Lipinski definition) is 1. The molecule has 0 aliphatic heterocycles. The van der Waals surface area contributed by atoms with Gasteiger partial charge in [-0.2, -0.15) is 0 Å². The molecule has 1 rings (SSSR count). The van der Waals surface area contributed by atoms with Crippen LogP contribution in [0.25, 0.3) is 0 Å². The Kier molecular flexibility index (Phi) is 4.92. The van der Waals surface area contributed by atoms with E-state index in [4.69, 9.17) is 16.3 Å². The Morgan fingerprint density at radius 3 is 2.67 bits per heavy atom. The summed E-state index contributed by atoms with van der Waals surface area (Å²) in [6.07, 6.45) is 1.07. The maximum atomic E-state index is 5.86. The lowest BCUT2D eigenvalue weighted by molar-refractivity contribution is -0.858. The third kappa shape index (κ3) is 4.54. The monoisotopic (exact) mass is 228 g/mol. The van der Waals surface area contributed by atoms with Crippen LogP contribution in [0, 0.1) is 6.92 Å². The molecule has 0 aliphatic rings. The number of ether oxygens (including phenoxy) is 1. The first-order valence-corrected chi connectivity index (χ1v) is 5.65. The zero-order valence-electron chi connectivity index (χ0n) is 9.64. The van der Waals surface area contributed by atoms with E-state index in [1.54, 1.807) is 0 Å². The van der Waals surface area contributed by atoms with Crippen molar-refractivity contribution in [1.82, 2.24) is 0 Å². The van der Waals surface area contributed by atoms with Crippen LogP contribution in [-0.2, 0) is 0 Å². The average Bonchev–Trinajstić information content (AvgIpc) is 2.14. The molecule has 0 bridgehead atoms. The van der Waals surface area contributed by atoms with Crippen LogP contribution in [0.3, 0.4) is 0 Å². The number of quaternary nitrogens is 1. The van der Waals surface area contributed by atoms with E-state index >= 15 is 0 Å². The second-order valence-electron chi connectivity index (χ2n) is 4.07. The highest BCUT2D eigenvalue weighted by Crippen LogP contribution is 2.21. The zero-order chi connectivity index (χ0) is 11.3. The summed E-state index contributed by atoms with van der Waals surface area (Å²) in [5, 5.41) is 0.762. The van der Waals surface area contributed by atoms with Crippen LogP contribution >= 0.6 is 11.6 Å². The van der Waals surface area contributed by atoms with Gasteiger partial charge in [0.2, 0.25) is 0 Å². The molecule has 0 saturated heterocycles. The largest absolute Gasteiger partial charge is 0.493 e. The third-order valence-electron chi connectivity index (χ3n) is 2.22. The molecule has 0 fully saturated rings. The van der Waals surface area contributed by atoms with E-state index in [0.717, 1.165) is 35.9 Å². The summed E-state index contributed by atoms with van der Waals surface area (Å²) in [6.45, 7) is 3.92. The predicted molar refractivity (Wildman–Crippen MR) is 64.0 cm³/mol. The number of nitrogens with one attached hydrogen (secondary N) is 1. The summed E-state index contributed by atoms with van der Waals surface area (Å²) >= 11 is 5.86. The molecule has 0 aliphatic carbocycles. The molecular weight excluding hydrogens is 210 g/mol. The number of halogens is 1. The van der Waals surface area contributed by atoms with Crippen molar-refractivity contribution in [1.29, 1.82) is 0 Å². The van der Waals surface area contributed by atoms with Crippen LogP contribution in [0.15, 0.2) is 18.2 Å². The molecule has 0 saturated carbocycles. The molecule has 1 N–H and O–H groups in total. The van der Waals surface area contributed by atoms with Crippen molar-refractivity contribution in [3.8, 4) is 5.75 Å². The summed E-state index contributed by atoms with van der Waals surface area (Å²) in [4.78, 5) is 1.45. The Bertz CT molecular complexity index is 312. The zero-order valence-corrected chi connectivity index (χ0v) is 10.4. The highest BCUT2D eigenvalue weighted by Gasteiger charge is 2.00. The van der Waals surface area contributed by atoms with E-state index in [0.29, 0.717) is 0 Å². The van der Waals surface area contributed by atoms with Gasteiger partial charge in [0.25, 0.3) is 0 Å². The average molecular weight is 229 g/mol. The van der Waals surface area contributed by atoms with Gasteiger partial charge in [-0.15, -0.1) is 0 Å². The lowest BCUT2D eigenvalue weighted by Gasteiger charge is -2.10. The molecule has 0 atom stereocenters. The highest BCUT2D eigenvalue weighted by atomic mass is 35.5. The van der Waals surface area contributed by atoms with E-state index < -0.39 is 0 Å². The first-order chi connectivity index (χ1) is 7.09. The van der Waals surface area contributed by atoms with E-state index in [9.17, 15) is 0 Å². The van der Waals surface area contributed by atoms with Crippen LogP contribution in [0.5, 0.6) is 5.75 Å². The minimum Gasteiger partial charge on any atom is -0.493 e. The normalized spacial score (nSPS) is 10.7. The van der Waals surface area contributed by atoms with Crippen LogP contribution in [-0.4, -0.2) is 27.2 Å². The van der Waals surface area contributed by atoms with Gasteiger partial charge in [0.1, 0.15) is 5.75 Å². The Hall–Kier alpha value is -0.730. The van der Waals surface area contributed by atoms with Crippen molar-refractivity contribution in [3.05, 3.63) is 28.8 Å². The molecule has 84 valence electrons. The fourth-order valence-corrected chi connectivity index (χ4v) is 1.61. The molecule has 0 heterocycles. The Morgan fingerprint density at radius 1 is 1.33 bits per heavy atom. The molecule has 1 aromatic rings. The van der Waals surface area contributed by atoms with Crippen molar-refractivity contribution in [2.24, 2.45) is 0 Å². The molecule has 3 heteroatoms. The molecule has 0 unspecified atom stereocenters. The summed E-state index contributed by atoms with van der Waals surface area (Å²) in [7, 11) is 4.29. The van der Waals surface area contributed by atoms with Crippen molar-refractivity contribution in [2.45, 2.75) is 13.3 Å². The Morgan fingerprint density at radius 2 is 2.07 bits per heavy atom. The van der Waals surface area contributed by atoms with Crippen molar-refractivity contribution < 1.29 is 9.64 Å². The number of hydrogen-bond acceptors (Lipinski definition) is 1. The summed E-state index contributed by atoms with van der Waals surface area (Å²) in [6, 6.07) is 5.72. The number of benzene rings is 1. The van der Waals surface area contributed by atoms with Gasteiger partial charge in [-0.3, -0.25) is 0 Å². The number of aryl methyl sites for hydroxylation is 1. The van der Waals surface area contributed by atoms with Crippen LogP contribution in [0.4, 0.5) is 0 Å². The summed E-state index contributed by atoms with van der Waals surface area (Å²) in [5.74, 6) is 0.938. The highest BCUT2D eigenvalue weighted by molar-refractivity contribution is 6.30. The van der Waals surface area contributed by atoms with Crippen LogP contribution in [0.2, 0.25) is 5.02 Å². The summed E-state index contributed by atoms with van der Waals surface area (Å²) in [5.41, 5.74) is 1.10. The van der Waals surface area contributed by atoms with Gasteiger partial charge in [-0.1, -0.05) is 11.6 Å². The van der Waals surface area contributed by atoms with E-state index in [2.05, 4.69) is 14.1 Å². The molecule has 2 nitrogen and oxygen atoms in total. The van der Waals surface area contributed by atoms with E-state index in [1.807, 2.05) is 25.1 Å². The second kappa shape index (κ2) is 5.99. The lowest BCUT2D eigenvalue weighted by atomic mass is 10.2. The summed E-state index contributed by atoms with van der Waals surface area (Å²) < 4.78 is 5.67. The SMILES string of the molecule is Cc1cc(Cl)ccc1OCCC[NH+](C)C. The Labute approximate surface area is 96.8 Å². The first kappa shape index (κ1) is 12.3. The molecule has 0 spiro atoms. The number of rotatable bonds is 5. The molecule has 0 amide bonds. The van der Waals surface area contributed by atoms with Gasteiger partial charge in [0, 0.05) is 11.4 Å². The standard InChI is InChI=1S/C12H18ClNO/c1-10-9-11(13)5-6-12(10)15-8-4-7-14(2)3/h5-6,9H,4,7-8H2,1-3H3/p+1. The molecule has 0 aromatic heterocycles. The van der Waals surface area contributed by atoms with Gasteiger partial charge in [-0.05, 0) is 30.7 Å². The van der Waals surface area contributed by atoms with Crippen molar-refractivity contribution in [3.63, 3.8) is 0 Å². The fraction of sp³-hybridized carbons (Fsp3) is 0.500. The van der Waals surface area contributed by atoms with E-state index in [1.165, 1.54) is 4.90 Å². The smallest absolute Gasteiger partial charge is 0.122 e. The maximum Gasteiger partial charge on any atom is 0.122 e. The van der Waals surface area contributed by atoms with Gasteiger partial charge in [0.05, 0.1) is 27.2 Å². The van der Waals surface area contributed by atoms with Crippen molar-refractivity contribution >= 4 is 11.6 Å². The molecular formula is C12H19ClNO+. The fourth-order valence-electron chi connectivity index (χ4n) is 1.38. The topological polar surface area (TPSA) is 13.7 Å². The third-order valence-corrected chi connectivity index (χ3v) is 2.45. The van der Waals surface area contributed by atoms with Gasteiger partial charge >= 0.3 is 0 Å². The Balaban J connectivity index is 2.37. The quantitative estimate of drug-likeness (QED) is 0.756. The first-order valence-electron chi connectivity index (χ1n) is 5.27. The van der Waals surface area contributed by atoms with Gasteiger partial charge in [-0.25, -0.2) is 0 Å². The minimum atomic E-state index is 0.762. The second-order valence-corrected chi connectivity index (χ2v) is 4.51. The molecule has 15 heavy (non-hydrogen) atoms. The van der Waals surface area contributed by atoms with E-state index in [-0.39, 0.29) is 0 Å². The maximum absolute atomic E-state index is 5.86.